The van der Waals surface area contributed by atoms with Crippen LogP contribution in [0.1, 0.15) is 27.8 Å². The Hall–Kier alpha value is -3.92. The second-order valence-corrected chi connectivity index (χ2v) is 9.32. The second kappa shape index (κ2) is 11.2. The average molecular weight is 509 g/mol. The highest BCUT2D eigenvalue weighted by Crippen LogP contribution is 2.39. The highest BCUT2D eigenvalue weighted by molar-refractivity contribution is 7.99. The lowest BCUT2D eigenvalue weighted by molar-refractivity contribution is -0.479. The van der Waals surface area contributed by atoms with Crippen LogP contribution in [0.25, 0.3) is 5.69 Å². The fraction of sp³-hybridized carbons (Fsp3) is 0.231. The van der Waals surface area contributed by atoms with Gasteiger partial charge in [0.15, 0.2) is 16.7 Å². The Morgan fingerprint density at radius 1 is 1.06 bits per heavy atom. The molecule has 4 rings (SSSR count). The molecule has 1 atom stereocenters. The number of thioether (sulfide) groups is 1. The number of aromatic nitrogens is 3. The predicted molar refractivity (Wildman–Crippen MR) is 135 cm³/mol. The molecule has 186 valence electrons. The van der Waals surface area contributed by atoms with Crippen molar-refractivity contribution in [1.29, 1.82) is 0 Å². The molecule has 1 heterocycles. The zero-order valence-electron chi connectivity index (χ0n) is 20.1. The fourth-order valence-electron chi connectivity index (χ4n) is 3.70. The third kappa shape index (κ3) is 6.01. The van der Waals surface area contributed by atoms with Gasteiger partial charge in [-0.3, -0.25) is 14.7 Å². The molecule has 1 aromatic heterocycles. The SMILES string of the molecule is COc1cc([C@@H](C[N+](=O)[O-])Sc2nnc(C)n2-c2cccc(C)c2)ccc1OCc1ccc(F)cc1. The van der Waals surface area contributed by atoms with Gasteiger partial charge in [-0.1, -0.05) is 42.1 Å². The lowest BCUT2D eigenvalue weighted by Gasteiger charge is -2.17. The molecule has 0 N–H and O–H groups in total. The van der Waals surface area contributed by atoms with Crippen molar-refractivity contribution in [3.63, 3.8) is 0 Å². The van der Waals surface area contributed by atoms with Gasteiger partial charge in [0.05, 0.1) is 7.11 Å². The summed E-state index contributed by atoms with van der Waals surface area (Å²) in [6.07, 6.45) is 0. The third-order valence-electron chi connectivity index (χ3n) is 5.48. The van der Waals surface area contributed by atoms with Crippen LogP contribution in [-0.4, -0.2) is 33.3 Å². The maximum absolute atomic E-state index is 13.2. The summed E-state index contributed by atoms with van der Waals surface area (Å²) in [5, 5.41) is 20.1. The summed E-state index contributed by atoms with van der Waals surface area (Å²) in [6, 6.07) is 19.2. The van der Waals surface area contributed by atoms with Crippen molar-refractivity contribution in [3.8, 4) is 17.2 Å². The summed E-state index contributed by atoms with van der Waals surface area (Å²) in [5.41, 5.74) is 3.47. The molecular weight excluding hydrogens is 483 g/mol. The molecule has 0 unspecified atom stereocenters. The monoisotopic (exact) mass is 508 g/mol. The van der Waals surface area contributed by atoms with Crippen LogP contribution in [0.3, 0.4) is 0 Å². The Kier molecular flexibility index (Phi) is 7.84. The zero-order chi connectivity index (χ0) is 25.7. The smallest absolute Gasteiger partial charge is 0.220 e. The molecule has 0 saturated heterocycles. The van der Waals surface area contributed by atoms with Crippen LogP contribution in [0.15, 0.2) is 71.9 Å². The Morgan fingerprint density at radius 3 is 2.53 bits per heavy atom. The number of methoxy groups -OCH3 is 1. The number of halogens is 1. The third-order valence-corrected chi connectivity index (χ3v) is 6.67. The Bertz CT molecular complexity index is 1360. The summed E-state index contributed by atoms with van der Waals surface area (Å²) >= 11 is 1.27. The average Bonchev–Trinajstić information content (AvgIpc) is 3.22. The van der Waals surface area contributed by atoms with Gasteiger partial charge in [0, 0.05) is 10.6 Å². The van der Waals surface area contributed by atoms with E-state index < -0.39 is 5.25 Å². The normalized spacial score (nSPS) is 11.8. The van der Waals surface area contributed by atoms with Gasteiger partial charge in [0.25, 0.3) is 0 Å². The van der Waals surface area contributed by atoms with E-state index in [0.29, 0.717) is 28.0 Å². The number of hydrogen-bond acceptors (Lipinski definition) is 7. The first-order chi connectivity index (χ1) is 17.3. The summed E-state index contributed by atoms with van der Waals surface area (Å²) < 4.78 is 26.4. The fourth-order valence-corrected chi connectivity index (χ4v) is 4.87. The molecule has 0 radical (unpaired) electrons. The van der Waals surface area contributed by atoms with Crippen molar-refractivity contribution < 1.29 is 18.8 Å². The second-order valence-electron chi connectivity index (χ2n) is 8.15. The molecule has 36 heavy (non-hydrogen) atoms. The van der Waals surface area contributed by atoms with Gasteiger partial charge in [-0.05, 0) is 66.9 Å². The molecule has 0 aliphatic heterocycles. The van der Waals surface area contributed by atoms with Crippen LogP contribution in [0.5, 0.6) is 11.5 Å². The molecule has 0 amide bonds. The van der Waals surface area contributed by atoms with Crippen LogP contribution in [0, 0.1) is 29.8 Å². The van der Waals surface area contributed by atoms with Crippen molar-refractivity contribution in [1.82, 2.24) is 14.8 Å². The topological polar surface area (TPSA) is 92.3 Å². The van der Waals surface area contributed by atoms with E-state index in [1.54, 1.807) is 30.3 Å². The molecule has 0 aliphatic rings. The molecule has 4 aromatic rings. The van der Waals surface area contributed by atoms with Gasteiger partial charge >= 0.3 is 0 Å². The van der Waals surface area contributed by atoms with Crippen LogP contribution < -0.4 is 9.47 Å². The summed E-state index contributed by atoms with van der Waals surface area (Å²) in [4.78, 5) is 11.2. The quantitative estimate of drug-likeness (QED) is 0.154. The van der Waals surface area contributed by atoms with Gasteiger partial charge in [-0.15, -0.1) is 10.2 Å². The number of rotatable bonds is 10. The maximum atomic E-state index is 13.2. The lowest BCUT2D eigenvalue weighted by Crippen LogP contribution is -2.11. The molecule has 0 fully saturated rings. The maximum Gasteiger partial charge on any atom is 0.220 e. The predicted octanol–water partition coefficient (Wildman–Crippen LogP) is 5.72. The first-order valence-electron chi connectivity index (χ1n) is 11.2. The van der Waals surface area contributed by atoms with Crippen LogP contribution in [0.2, 0.25) is 0 Å². The van der Waals surface area contributed by atoms with Crippen molar-refractivity contribution in [3.05, 3.63) is 105 Å². The molecule has 0 saturated carbocycles. The Balaban J connectivity index is 1.60. The van der Waals surface area contributed by atoms with Gasteiger partial charge in [-0.25, -0.2) is 4.39 Å². The van der Waals surface area contributed by atoms with Gasteiger partial charge in [-0.2, -0.15) is 0 Å². The Labute approximate surface area is 212 Å². The number of ether oxygens (including phenoxy) is 2. The van der Waals surface area contributed by atoms with E-state index in [0.717, 1.165) is 16.8 Å². The van der Waals surface area contributed by atoms with E-state index in [-0.39, 0.29) is 23.9 Å². The van der Waals surface area contributed by atoms with Gasteiger partial charge in [0.2, 0.25) is 6.54 Å². The van der Waals surface area contributed by atoms with E-state index in [9.17, 15) is 14.5 Å². The minimum absolute atomic E-state index is 0.224. The number of nitro groups is 1. The molecule has 0 spiro atoms. The lowest BCUT2D eigenvalue weighted by atomic mass is 10.1. The van der Waals surface area contributed by atoms with E-state index in [2.05, 4.69) is 10.2 Å². The van der Waals surface area contributed by atoms with Gasteiger partial charge < -0.3 is 9.47 Å². The number of nitrogens with zero attached hydrogens (tertiary/aromatic N) is 4. The van der Waals surface area contributed by atoms with E-state index in [1.807, 2.05) is 42.7 Å². The molecule has 10 heteroatoms. The number of hydrogen-bond donors (Lipinski definition) is 0. The highest BCUT2D eigenvalue weighted by Gasteiger charge is 2.25. The molecule has 0 aliphatic carbocycles. The first kappa shape index (κ1) is 25.2. The van der Waals surface area contributed by atoms with E-state index in [4.69, 9.17) is 9.47 Å². The van der Waals surface area contributed by atoms with Gasteiger partial charge in [0.1, 0.15) is 23.5 Å². The standard InChI is InChI=1S/C26H25FN4O4S/c1-17-5-4-6-22(13-17)31-18(2)28-29-26(31)36-25(15-30(32)33)20-9-12-23(24(14-20)34-3)35-16-19-7-10-21(27)11-8-19/h4-14,25H,15-16H2,1-3H3/t25-/m1/s1. The highest BCUT2D eigenvalue weighted by atomic mass is 32.2. The number of aryl methyl sites for hydroxylation is 2. The van der Waals surface area contributed by atoms with Crippen molar-refractivity contribution >= 4 is 11.8 Å². The number of benzene rings is 3. The van der Waals surface area contributed by atoms with Crippen LogP contribution in [0.4, 0.5) is 4.39 Å². The molecule has 8 nitrogen and oxygen atoms in total. The molecular formula is C26H25FN4O4S. The summed E-state index contributed by atoms with van der Waals surface area (Å²) in [6.45, 7) is 3.75. The van der Waals surface area contributed by atoms with E-state index in [1.165, 1.54) is 31.0 Å². The van der Waals surface area contributed by atoms with Crippen molar-refractivity contribution in [2.75, 3.05) is 13.7 Å². The van der Waals surface area contributed by atoms with Crippen molar-refractivity contribution in [2.45, 2.75) is 30.9 Å². The summed E-state index contributed by atoms with van der Waals surface area (Å²) in [5.74, 6) is 1.29. The van der Waals surface area contributed by atoms with Crippen LogP contribution >= 0.6 is 11.8 Å². The largest absolute Gasteiger partial charge is 0.493 e. The Morgan fingerprint density at radius 2 is 1.83 bits per heavy atom. The minimum Gasteiger partial charge on any atom is -0.493 e. The summed E-state index contributed by atoms with van der Waals surface area (Å²) in [7, 11) is 1.51. The molecule has 3 aromatic carbocycles. The minimum atomic E-state index is -0.549. The first-order valence-corrected chi connectivity index (χ1v) is 12.0. The molecule has 0 bridgehead atoms. The van der Waals surface area contributed by atoms with Crippen molar-refractivity contribution in [2.24, 2.45) is 0 Å². The zero-order valence-corrected chi connectivity index (χ0v) is 20.9. The van der Waals surface area contributed by atoms with Crippen LogP contribution in [-0.2, 0) is 6.61 Å². The van der Waals surface area contributed by atoms with E-state index >= 15 is 0 Å².